The van der Waals surface area contributed by atoms with Crippen molar-refractivity contribution < 1.29 is 9.53 Å². The molecule has 1 heterocycles. The maximum absolute atomic E-state index is 12.5. The number of nitrogens with one attached hydrogen (secondary N) is 2. The summed E-state index contributed by atoms with van der Waals surface area (Å²) in [5, 5.41) is 6.27. The number of hydrogen-bond donors (Lipinski definition) is 3. The Hall–Kier alpha value is -2.96. The van der Waals surface area contributed by atoms with Crippen LogP contribution in [0.25, 0.3) is 11.1 Å². The Morgan fingerprint density at radius 2 is 1.66 bits per heavy atom. The van der Waals surface area contributed by atoms with Crippen LogP contribution in [0.2, 0.25) is 0 Å². The SMILES string of the molecule is O=C(NCc1cc(S)cc(N2CCNCC2)c1)OCC1c2ccccc2-c2ccccc21. The Labute approximate surface area is 194 Å². The van der Waals surface area contributed by atoms with Crippen molar-refractivity contribution in [3.8, 4) is 11.1 Å². The predicted molar refractivity (Wildman–Crippen MR) is 131 cm³/mol. The molecule has 0 bridgehead atoms. The number of fused-ring (bicyclic) bond motifs is 3. The van der Waals surface area contributed by atoms with E-state index in [1.54, 1.807) is 0 Å². The van der Waals surface area contributed by atoms with Crippen LogP contribution in [0.15, 0.2) is 71.6 Å². The molecule has 0 radical (unpaired) electrons. The summed E-state index contributed by atoms with van der Waals surface area (Å²) < 4.78 is 5.65. The van der Waals surface area contributed by atoms with Crippen LogP contribution in [0.4, 0.5) is 10.5 Å². The first-order valence-corrected chi connectivity index (χ1v) is 11.5. The van der Waals surface area contributed by atoms with E-state index in [1.165, 1.54) is 22.3 Å². The van der Waals surface area contributed by atoms with Crippen LogP contribution in [0.1, 0.15) is 22.6 Å². The van der Waals surface area contributed by atoms with Gasteiger partial charge in [0, 0.05) is 49.2 Å². The van der Waals surface area contributed by atoms with Crippen molar-refractivity contribution in [1.82, 2.24) is 10.6 Å². The fraction of sp³-hybridized carbons (Fsp3) is 0.269. The lowest BCUT2D eigenvalue weighted by molar-refractivity contribution is 0.142. The van der Waals surface area contributed by atoms with Crippen LogP contribution in [0, 0.1) is 0 Å². The molecular formula is C26H27N3O2S. The standard InChI is InChI=1S/C26H27N3O2S/c30-26(28-16-18-13-19(15-20(32)14-18)29-11-9-27-10-12-29)31-17-25-23-7-3-1-5-21(23)22-6-2-4-8-24(22)25/h1-8,13-15,25,27,32H,9-12,16-17H2,(H,28,30). The monoisotopic (exact) mass is 445 g/mol. The van der Waals surface area contributed by atoms with Gasteiger partial charge in [-0.1, -0.05) is 48.5 Å². The van der Waals surface area contributed by atoms with Gasteiger partial charge in [0.25, 0.3) is 0 Å². The first-order chi connectivity index (χ1) is 15.7. The summed E-state index contributed by atoms with van der Waals surface area (Å²) >= 11 is 4.56. The van der Waals surface area contributed by atoms with E-state index in [9.17, 15) is 4.79 Å². The first-order valence-electron chi connectivity index (χ1n) is 11.1. The van der Waals surface area contributed by atoms with Crippen LogP contribution in [-0.2, 0) is 11.3 Å². The van der Waals surface area contributed by atoms with Gasteiger partial charge in [-0.15, -0.1) is 12.6 Å². The Balaban J connectivity index is 1.22. The summed E-state index contributed by atoms with van der Waals surface area (Å²) in [6.07, 6.45) is -0.403. The molecule has 0 unspecified atom stereocenters. The van der Waals surface area contributed by atoms with Crippen LogP contribution < -0.4 is 15.5 Å². The topological polar surface area (TPSA) is 53.6 Å². The number of carbonyl (C=O) groups is 1. The van der Waals surface area contributed by atoms with E-state index in [4.69, 9.17) is 4.74 Å². The Morgan fingerprint density at radius 1 is 1.00 bits per heavy atom. The molecule has 0 spiro atoms. The van der Waals surface area contributed by atoms with Crippen molar-refractivity contribution in [1.29, 1.82) is 0 Å². The zero-order valence-electron chi connectivity index (χ0n) is 17.9. The van der Waals surface area contributed by atoms with Gasteiger partial charge in [0.05, 0.1) is 0 Å². The van der Waals surface area contributed by atoms with Crippen molar-refractivity contribution >= 4 is 24.4 Å². The van der Waals surface area contributed by atoms with E-state index in [2.05, 4.69) is 76.7 Å². The van der Waals surface area contributed by atoms with Crippen LogP contribution in [0.5, 0.6) is 0 Å². The van der Waals surface area contributed by atoms with Crippen molar-refractivity contribution in [3.05, 3.63) is 83.4 Å². The largest absolute Gasteiger partial charge is 0.449 e. The third-order valence-corrected chi connectivity index (χ3v) is 6.48. The van der Waals surface area contributed by atoms with Gasteiger partial charge in [-0.05, 0) is 46.0 Å². The second kappa shape index (κ2) is 9.27. The third kappa shape index (κ3) is 4.33. The average Bonchev–Trinajstić information content (AvgIpc) is 3.15. The normalized spacial score (nSPS) is 15.2. The van der Waals surface area contributed by atoms with E-state index in [0.29, 0.717) is 13.2 Å². The smallest absolute Gasteiger partial charge is 0.407 e. The Bertz CT molecular complexity index is 1080. The van der Waals surface area contributed by atoms with E-state index in [-0.39, 0.29) is 5.92 Å². The number of rotatable bonds is 5. The lowest BCUT2D eigenvalue weighted by Gasteiger charge is -2.30. The molecule has 2 aliphatic rings. The molecular weight excluding hydrogens is 418 g/mol. The molecule has 164 valence electrons. The number of benzene rings is 3. The molecule has 0 atom stereocenters. The molecule has 1 saturated heterocycles. The minimum absolute atomic E-state index is 0.0632. The van der Waals surface area contributed by atoms with Gasteiger partial charge >= 0.3 is 6.09 Å². The minimum atomic E-state index is -0.403. The summed E-state index contributed by atoms with van der Waals surface area (Å²) in [5.74, 6) is 0.0632. The van der Waals surface area contributed by atoms with Gasteiger partial charge < -0.3 is 20.3 Å². The summed E-state index contributed by atoms with van der Waals surface area (Å²) in [6.45, 7) is 4.61. The van der Waals surface area contributed by atoms with Gasteiger partial charge in [0.1, 0.15) is 6.61 Å². The van der Waals surface area contributed by atoms with E-state index < -0.39 is 6.09 Å². The molecule has 3 aromatic rings. The number of ether oxygens (including phenoxy) is 1. The number of hydrogen-bond acceptors (Lipinski definition) is 5. The molecule has 0 saturated carbocycles. The maximum atomic E-state index is 12.5. The van der Waals surface area contributed by atoms with Crippen molar-refractivity contribution in [3.63, 3.8) is 0 Å². The van der Waals surface area contributed by atoms with Gasteiger partial charge in [-0.3, -0.25) is 0 Å². The highest BCUT2D eigenvalue weighted by atomic mass is 32.1. The third-order valence-electron chi connectivity index (χ3n) is 6.22. The second-order valence-corrected chi connectivity index (χ2v) is 8.79. The highest BCUT2D eigenvalue weighted by Gasteiger charge is 2.29. The van der Waals surface area contributed by atoms with Gasteiger partial charge in [-0.2, -0.15) is 0 Å². The molecule has 5 nitrogen and oxygen atoms in total. The molecule has 6 heteroatoms. The van der Waals surface area contributed by atoms with E-state index in [1.807, 2.05) is 18.2 Å². The number of amides is 1. The number of alkyl carbamates (subject to hydrolysis) is 1. The molecule has 1 fully saturated rings. The number of thiol groups is 1. The molecule has 1 aliphatic carbocycles. The number of carbonyl (C=O) groups excluding carboxylic acids is 1. The highest BCUT2D eigenvalue weighted by molar-refractivity contribution is 7.80. The van der Waals surface area contributed by atoms with Crippen molar-refractivity contribution in [2.24, 2.45) is 0 Å². The lowest BCUT2D eigenvalue weighted by atomic mass is 9.98. The summed E-state index contributed by atoms with van der Waals surface area (Å²) in [4.78, 5) is 15.7. The van der Waals surface area contributed by atoms with Gasteiger partial charge in [-0.25, -0.2) is 4.79 Å². The summed E-state index contributed by atoms with van der Waals surface area (Å²) in [5.41, 5.74) is 7.03. The minimum Gasteiger partial charge on any atom is -0.449 e. The lowest BCUT2D eigenvalue weighted by Crippen LogP contribution is -2.43. The first kappa shape index (κ1) is 20.9. The molecule has 3 aromatic carbocycles. The van der Waals surface area contributed by atoms with E-state index in [0.717, 1.165) is 42.3 Å². The average molecular weight is 446 g/mol. The maximum Gasteiger partial charge on any atom is 0.407 e. The molecule has 1 aliphatic heterocycles. The predicted octanol–water partition coefficient (Wildman–Crippen LogP) is 4.42. The second-order valence-electron chi connectivity index (χ2n) is 8.27. The fourth-order valence-electron chi connectivity index (χ4n) is 4.69. The van der Waals surface area contributed by atoms with E-state index >= 15 is 0 Å². The quantitative estimate of drug-likeness (QED) is 0.509. The molecule has 32 heavy (non-hydrogen) atoms. The number of nitrogens with zero attached hydrogens (tertiary/aromatic N) is 1. The summed E-state index contributed by atoms with van der Waals surface area (Å²) in [6, 6.07) is 22.9. The van der Waals surface area contributed by atoms with Crippen molar-refractivity contribution in [2.75, 3.05) is 37.7 Å². The molecule has 2 N–H and O–H groups in total. The zero-order chi connectivity index (χ0) is 21.9. The Kier molecular flexibility index (Phi) is 6.06. The van der Waals surface area contributed by atoms with Crippen molar-refractivity contribution in [2.45, 2.75) is 17.4 Å². The fourth-order valence-corrected chi connectivity index (χ4v) is 4.99. The highest BCUT2D eigenvalue weighted by Crippen LogP contribution is 2.44. The van der Waals surface area contributed by atoms with Crippen LogP contribution in [0.3, 0.4) is 0 Å². The zero-order valence-corrected chi connectivity index (χ0v) is 18.8. The van der Waals surface area contributed by atoms with Gasteiger partial charge in [0.15, 0.2) is 0 Å². The molecule has 5 rings (SSSR count). The molecule has 1 amide bonds. The number of piperazine rings is 1. The van der Waals surface area contributed by atoms with Crippen LogP contribution >= 0.6 is 12.6 Å². The number of anilines is 1. The van der Waals surface area contributed by atoms with Crippen LogP contribution in [-0.4, -0.2) is 38.9 Å². The van der Waals surface area contributed by atoms with Gasteiger partial charge in [0.2, 0.25) is 0 Å². The summed E-state index contributed by atoms with van der Waals surface area (Å²) in [7, 11) is 0. The Morgan fingerprint density at radius 3 is 2.34 bits per heavy atom. The molecule has 0 aromatic heterocycles.